The first kappa shape index (κ1) is 8.82. The highest BCUT2D eigenvalue weighted by molar-refractivity contribution is 5.21. The summed E-state index contributed by atoms with van der Waals surface area (Å²) in [6.07, 6.45) is 8.49. The van der Waals surface area contributed by atoms with Crippen LogP contribution < -0.4 is 0 Å². The fourth-order valence-corrected chi connectivity index (χ4v) is 2.24. The van der Waals surface area contributed by atoms with E-state index in [0.717, 1.165) is 25.0 Å². The summed E-state index contributed by atoms with van der Waals surface area (Å²) in [4.78, 5) is 0. The Hall–Kier alpha value is -0.760. The van der Waals surface area contributed by atoms with E-state index in [1.165, 1.54) is 6.42 Å². The molecule has 0 aromatic carbocycles. The highest BCUT2D eigenvalue weighted by Gasteiger charge is 2.45. The molecule has 1 aliphatic heterocycles. The molecule has 0 aromatic rings. The van der Waals surface area contributed by atoms with Gasteiger partial charge in [0.1, 0.15) is 17.5 Å². The SMILES string of the molecule is C=C[C@@H]1C[C@]2(OC)CCCC=C2O1. The van der Waals surface area contributed by atoms with Gasteiger partial charge in [0.25, 0.3) is 0 Å². The van der Waals surface area contributed by atoms with Gasteiger partial charge >= 0.3 is 0 Å². The number of hydrogen-bond acceptors (Lipinski definition) is 2. The molecule has 0 radical (unpaired) electrons. The minimum atomic E-state index is -0.128. The maximum absolute atomic E-state index is 5.73. The molecule has 2 aliphatic rings. The smallest absolute Gasteiger partial charge is 0.128 e. The molecule has 0 unspecified atom stereocenters. The van der Waals surface area contributed by atoms with E-state index in [0.29, 0.717) is 0 Å². The van der Waals surface area contributed by atoms with Crippen molar-refractivity contribution in [1.29, 1.82) is 0 Å². The molecular formula is C11H16O2. The summed E-state index contributed by atoms with van der Waals surface area (Å²) in [5.74, 6) is 1.03. The van der Waals surface area contributed by atoms with Crippen molar-refractivity contribution in [3.05, 3.63) is 24.5 Å². The van der Waals surface area contributed by atoms with Gasteiger partial charge < -0.3 is 9.47 Å². The molecule has 0 amide bonds. The van der Waals surface area contributed by atoms with Crippen LogP contribution in [0.25, 0.3) is 0 Å². The van der Waals surface area contributed by atoms with Gasteiger partial charge in [0.15, 0.2) is 0 Å². The van der Waals surface area contributed by atoms with E-state index in [1.807, 2.05) is 6.08 Å². The molecule has 72 valence electrons. The fraction of sp³-hybridized carbons (Fsp3) is 0.636. The quantitative estimate of drug-likeness (QED) is 0.607. The van der Waals surface area contributed by atoms with Crippen LogP contribution in [0.3, 0.4) is 0 Å². The number of allylic oxidation sites excluding steroid dienone is 1. The van der Waals surface area contributed by atoms with Crippen LogP contribution in [0.5, 0.6) is 0 Å². The number of hydrogen-bond donors (Lipinski definition) is 0. The van der Waals surface area contributed by atoms with Crippen LogP contribution in [0.4, 0.5) is 0 Å². The lowest BCUT2D eigenvalue weighted by atomic mass is 9.86. The van der Waals surface area contributed by atoms with Gasteiger partial charge in [-0.3, -0.25) is 0 Å². The van der Waals surface area contributed by atoms with Crippen LogP contribution in [-0.4, -0.2) is 18.8 Å². The van der Waals surface area contributed by atoms with Gasteiger partial charge in [0.2, 0.25) is 0 Å². The Bertz CT molecular complexity index is 244. The second-order valence-electron chi connectivity index (χ2n) is 3.76. The minimum absolute atomic E-state index is 0.128. The lowest BCUT2D eigenvalue weighted by Crippen LogP contribution is -2.32. The Balaban J connectivity index is 2.25. The van der Waals surface area contributed by atoms with Gasteiger partial charge in [-0.25, -0.2) is 0 Å². The minimum Gasteiger partial charge on any atom is -0.488 e. The Morgan fingerprint density at radius 2 is 2.62 bits per heavy atom. The molecule has 1 heterocycles. The summed E-state index contributed by atoms with van der Waals surface area (Å²) in [7, 11) is 1.77. The van der Waals surface area contributed by atoms with Crippen LogP contribution in [0.2, 0.25) is 0 Å². The van der Waals surface area contributed by atoms with E-state index in [1.54, 1.807) is 7.11 Å². The van der Waals surface area contributed by atoms with E-state index in [2.05, 4.69) is 12.7 Å². The number of fused-ring (bicyclic) bond motifs is 1. The van der Waals surface area contributed by atoms with Crippen LogP contribution in [0, 0.1) is 0 Å². The zero-order valence-corrected chi connectivity index (χ0v) is 8.08. The standard InChI is InChI=1S/C11H16O2/c1-3-9-8-11(12-2)7-5-4-6-10(11)13-9/h3,6,9H,1,4-5,7-8H2,2H3/t9-,11-/m1/s1. The molecule has 0 spiro atoms. The molecule has 1 fully saturated rings. The number of rotatable bonds is 2. The van der Waals surface area contributed by atoms with Crippen LogP contribution in [0.1, 0.15) is 25.7 Å². The summed E-state index contributed by atoms with van der Waals surface area (Å²) in [5.41, 5.74) is -0.128. The third-order valence-electron chi connectivity index (χ3n) is 3.03. The lowest BCUT2D eigenvalue weighted by molar-refractivity contribution is 0.00574. The Morgan fingerprint density at radius 1 is 1.77 bits per heavy atom. The molecule has 1 saturated heterocycles. The maximum Gasteiger partial charge on any atom is 0.128 e. The van der Waals surface area contributed by atoms with E-state index in [-0.39, 0.29) is 11.7 Å². The molecule has 2 heteroatoms. The molecule has 0 saturated carbocycles. The lowest BCUT2D eigenvalue weighted by Gasteiger charge is -2.29. The van der Waals surface area contributed by atoms with Gasteiger partial charge in [0, 0.05) is 13.5 Å². The normalized spacial score (nSPS) is 37.6. The molecule has 2 nitrogen and oxygen atoms in total. The van der Waals surface area contributed by atoms with Crippen LogP contribution in [-0.2, 0) is 9.47 Å². The Morgan fingerprint density at radius 3 is 3.23 bits per heavy atom. The topological polar surface area (TPSA) is 18.5 Å². The third-order valence-corrected chi connectivity index (χ3v) is 3.03. The van der Waals surface area contributed by atoms with Crippen molar-refractivity contribution < 1.29 is 9.47 Å². The van der Waals surface area contributed by atoms with E-state index in [4.69, 9.17) is 9.47 Å². The first-order chi connectivity index (χ1) is 6.30. The predicted octanol–water partition coefficient (Wildman–Crippen LogP) is 2.41. The van der Waals surface area contributed by atoms with Gasteiger partial charge in [-0.05, 0) is 25.3 Å². The van der Waals surface area contributed by atoms with E-state index >= 15 is 0 Å². The molecule has 1 aliphatic carbocycles. The predicted molar refractivity (Wildman–Crippen MR) is 51.4 cm³/mol. The summed E-state index contributed by atoms with van der Waals surface area (Å²) in [6, 6.07) is 0. The Labute approximate surface area is 79.2 Å². The average molecular weight is 180 g/mol. The largest absolute Gasteiger partial charge is 0.488 e. The van der Waals surface area contributed by atoms with Crippen LogP contribution >= 0.6 is 0 Å². The van der Waals surface area contributed by atoms with Gasteiger partial charge in [-0.15, -0.1) is 0 Å². The van der Waals surface area contributed by atoms with Crippen LogP contribution in [0.15, 0.2) is 24.5 Å². The monoisotopic (exact) mass is 180 g/mol. The highest BCUT2D eigenvalue weighted by atomic mass is 16.6. The molecule has 0 N–H and O–H groups in total. The van der Waals surface area contributed by atoms with Crippen molar-refractivity contribution in [2.75, 3.05) is 7.11 Å². The van der Waals surface area contributed by atoms with Crippen molar-refractivity contribution >= 4 is 0 Å². The summed E-state index contributed by atoms with van der Waals surface area (Å²) >= 11 is 0. The first-order valence-electron chi connectivity index (χ1n) is 4.86. The average Bonchev–Trinajstić information content (AvgIpc) is 2.56. The van der Waals surface area contributed by atoms with Crippen molar-refractivity contribution in [2.45, 2.75) is 37.4 Å². The zero-order valence-electron chi connectivity index (χ0n) is 8.08. The van der Waals surface area contributed by atoms with Gasteiger partial charge in [0.05, 0.1) is 0 Å². The summed E-state index contributed by atoms with van der Waals surface area (Å²) < 4.78 is 11.3. The third kappa shape index (κ3) is 1.29. The fourth-order valence-electron chi connectivity index (χ4n) is 2.24. The first-order valence-corrected chi connectivity index (χ1v) is 4.86. The van der Waals surface area contributed by atoms with Gasteiger partial charge in [-0.2, -0.15) is 0 Å². The van der Waals surface area contributed by atoms with Gasteiger partial charge in [-0.1, -0.05) is 12.7 Å². The maximum atomic E-state index is 5.73. The molecule has 2 rings (SSSR count). The molecule has 13 heavy (non-hydrogen) atoms. The molecule has 2 atom stereocenters. The molecular weight excluding hydrogens is 164 g/mol. The number of ether oxygens (including phenoxy) is 2. The van der Waals surface area contributed by atoms with Crippen molar-refractivity contribution in [3.8, 4) is 0 Å². The second-order valence-corrected chi connectivity index (χ2v) is 3.76. The number of methoxy groups -OCH3 is 1. The zero-order chi connectivity index (χ0) is 9.31. The van der Waals surface area contributed by atoms with E-state index < -0.39 is 0 Å². The molecule has 0 bridgehead atoms. The highest BCUT2D eigenvalue weighted by Crippen LogP contribution is 2.43. The summed E-state index contributed by atoms with van der Waals surface area (Å²) in [6.45, 7) is 3.76. The molecule has 0 aromatic heterocycles. The van der Waals surface area contributed by atoms with Crippen molar-refractivity contribution in [2.24, 2.45) is 0 Å². The van der Waals surface area contributed by atoms with Crippen molar-refractivity contribution in [1.82, 2.24) is 0 Å². The van der Waals surface area contributed by atoms with E-state index in [9.17, 15) is 0 Å². The summed E-state index contributed by atoms with van der Waals surface area (Å²) in [5, 5.41) is 0. The van der Waals surface area contributed by atoms with Crippen molar-refractivity contribution in [3.63, 3.8) is 0 Å². The second kappa shape index (κ2) is 3.18. The Kier molecular flexibility index (Phi) is 2.16.